The van der Waals surface area contributed by atoms with Crippen molar-refractivity contribution in [1.82, 2.24) is 4.72 Å². The monoisotopic (exact) mass is 490 g/mol. The van der Waals surface area contributed by atoms with Crippen molar-refractivity contribution >= 4 is 39.4 Å². The van der Waals surface area contributed by atoms with Crippen LogP contribution in [0.1, 0.15) is 22.3 Å². The van der Waals surface area contributed by atoms with Gasteiger partial charge in [0.2, 0.25) is 10.0 Å². The van der Waals surface area contributed by atoms with Crippen LogP contribution in [0.25, 0.3) is 6.08 Å². The number of rotatable bonds is 7. The zero-order valence-corrected chi connectivity index (χ0v) is 20.1. The molecular formula is C27H26N2O5S. The van der Waals surface area contributed by atoms with E-state index in [-0.39, 0.29) is 0 Å². The van der Waals surface area contributed by atoms with Gasteiger partial charge in [-0.15, -0.1) is 0 Å². The minimum atomic E-state index is -3.86. The predicted octanol–water partition coefficient (Wildman–Crippen LogP) is 3.89. The average molecular weight is 491 g/mol. The molecule has 180 valence electrons. The zero-order valence-electron chi connectivity index (χ0n) is 19.3. The summed E-state index contributed by atoms with van der Waals surface area (Å²) in [5.74, 6) is -1.26. The lowest BCUT2D eigenvalue weighted by atomic mass is 10.0. The standard InChI is InChI=1S/C27H26N2O5S/c1-20-10-12-21(13-11-20)16-17-35(32,33)28-18-27(31)34-19-26(30)29-24-8-4-2-6-22(24)14-15-23-7-3-5-9-25(23)29/h2-13,16-17,28H,14-15,18-19H2,1H3/b17-16+. The second kappa shape index (κ2) is 10.7. The second-order valence-electron chi connectivity index (χ2n) is 8.23. The first-order valence-electron chi connectivity index (χ1n) is 11.2. The quantitative estimate of drug-likeness (QED) is 0.507. The Bertz CT molecular complexity index is 1320. The van der Waals surface area contributed by atoms with Crippen molar-refractivity contribution in [2.75, 3.05) is 18.1 Å². The summed E-state index contributed by atoms with van der Waals surface area (Å²) in [5.41, 5.74) is 5.33. The first kappa shape index (κ1) is 24.4. The van der Waals surface area contributed by atoms with Gasteiger partial charge in [-0.3, -0.25) is 14.5 Å². The maximum Gasteiger partial charge on any atom is 0.321 e. The minimum Gasteiger partial charge on any atom is -0.455 e. The van der Waals surface area contributed by atoms with Gasteiger partial charge < -0.3 is 4.74 Å². The van der Waals surface area contributed by atoms with E-state index in [4.69, 9.17) is 4.74 Å². The molecule has 0 saturated carbocycles. The summed E-state index contributed by atoms with van der Waals surface area (Å²) in [6.45, 7) is 0.843. The predicted molar refractivity (Wildman–Crippen MR) is 136 cm³/mol. The van der Waals surface area contributed by atoms with E-state index in [9.17, 15) is 18.0 Å². The molecule has 0 bridgehead atoms. The molecule has 3 aromatic rings. The fraction of sp³-hybridized carbons (Fsp3) is 0.185. The molecule has 0 saturated heterocycles. The number of hydrogen-bond donors (Lipinski definition) is 1. The van der Waals surface area contributed by atoms with Crippen LogP contribution in [0.2, 0.25) is 0 Å². The Labute approximate surface area is 205 Å². The number of aryl methyl sites for hydroxylation is 3. The molecule has 0 atom stereocenters. The summed E-state index contributed by atoms with van der Waals surface area (Å²) in [4.78, 5) is 26.9. The number of benzene rings is 3. The van der Waals surface area contributed by atoms with Gasteiger partial charge in [0.05, 0.1) is 11.4 Å². The molecule has 4 rings (SSSR count). The van der Waals surface area contributed by atoms with Crippen molar-refractivity contribution in [3.63, 3.8) is 0 Å². The summed E-state index contributed by atoms with van der Waals surface area (Å²) in [6.07, 6.45) is 3.01. The molecule has 7 nitrogen and oxygen atoms in total. The van der Waals surface area contributed by atoms with Crippen molar-refractivity contribution < 1.29 is 22.7 Å². The van der Waals surface area contributed by atoms with E-state index in [2.05, 4.69) is 4.72 Å². The highest BCUT2D eigenvalue weighted by molar-refractivity contribution is 7.92. The van der Waals surface area contributed by atoms with Crippen LogP contribution >= 0.6 is 0 Å². The maximum atomic E-state index is 13.2. The largest absolute Gasteiger partial charge is 0.455 e. The van der Waals surface area contributed by atoms with Crippen molar-refractivity contribution in [2.24, 2.45) is 0 Å². The van der Waals surface area contributed by atoms with Crippen LogP contribution in [0, 0.1) is 6.92 Å². The Balaban J connectivity index is 1.38. The molecule has 0 radical (unpaired) electrons. The lowest BCUT2D eigenvalue weighted by molar-refractivity contribution is -0.146. The summed E-state index contributed by atoms with van der Waals surface area (Å²) in [6, 6.07) is 22.6. The van der Waals surface area contributed by atoms with Crippen molar-refractivity contribution in [3.05, 3.63) is 100 Å². The third-order valence-corrected chi connectivity index (χ3v) is 6.71. The number of carbonyl (C=O) groups is 2. The number of ether oxygens (including phenoxy) is 1. The SMILES string of the molecule is Cc1ccc(/C=C/S(=O)(=O)NCC(=O)OCC(=O)N2c3ccccc3CCc3ccccc32)cc1. The van der Waals surface area contributed by atoms with E-state index in [0.29, 0.717) is 5.56 Å². The fourth-order valence-corrected chi connectivity index (χ4v) is 4.61. The fourth-order valence-electron chi connectivity index (χ4n) is 3.86. The summed E-state index contributed by atoms with van der Waals surface area (Å²) in [5, 5.41) is 0.987. The number of anilines is 2. The number of esters is 1. The van der Waals surface area contributed by atoms with Crippen LogP contribution in [0.15, 0.2) is 78.2 Å². The Morgan fingerprint density at radius 1 is 0.914 bits per heavy atom. The molecule has 1 aliphatic rings. The highest BCUT2D eigenvalue weighted by atomic mass is 32.2. The number of para-hydroxylation sites is 2. The molecule has 3 aromatic carbocycles. The van der Waals surface area contributed by atoms with Gasteiger partial charge in [0.25, 0.3) is 5.91 Å². The Morgan fingerprint density at radius 2 is 1.49 bits per heavy atom. The smallest absolute Gasteiger partial charge is 0.321 e. The second-order valence-corrected chi connectivity index (χ2v) is 9.88. The topological polar surface area (TPSA) is 92.8 Å². The zero-order chi connectivity index (χ0) is 24.8. The van der Waals surface area contributed by atoms with E-state index >= 15 is 0 Å². The van der Waals surface area contributed by atoms with Crippen LogP contribution in [-0.4, -0.2) is 33.4 Å². The van der Waals surface area contributed by atoms with Crippen molar-refractivity contribution in [3.8, 4) is 0 Å². The Hall–Kier alpha value is -3.75. The molecule has 1 amide bonds. The lowest BCUT2D eigenvalue weighted by Gasteiger charge is -2.24. The number of amides is 1. The number of hydrogen-bond acceptors (Lipinski definition) is 5. The number of sulfonamides is 1. The molecule has 1 heterocycles. The minimum absolute atomic E-state index is 0.415. The van der Waals surface area contributed by atoms with Crippen molar-refractivity contribution in [1.29, 1.82) is 0 Å². The number of carbonyl (C=O) groups excluding carboxylic acids is 2. The normalized spacial score (nSPS) is 13.1. The van der Waals surface area contributed by atoms with Gasteiger partial charge in [-0.25, -0.2) is 13.1 Å². The van der Waals surface area contributed by atoms with E-state index in [1.165, 1.54) is 6.08 Å². The van der Waals surface area contributed by atoms with Gasteiger partial charge in [0.15, 0.2) is 6.61 Å². The molecule has 0 spiro atoms. The molecule has 1 N–H and O–H groups in total. The number of nitrogens with zero attached hydrogens (tertiary/aromatic N) is 1. The molecule has 0 unspecified atom stereocenters. The maximum absolute atomic E-state index is 13.2. The van der Waals surface area contributed by atoms with Crippen LogP contribution in [0.5, 0.6) is 0 Å². The van der Waals surface area contributed by atoms with Crippen LogP contribution in [0.4, 0.5) is 11.4 Å². The Kier molecular flexibility index (Phi) is 7.43. The highest BCUT2D eigenvalue weighted by Crippen LogP contribution is 2.35. The average Bonchev–Trinajstić information content (AvgIpc) is 3.03. The van der Waals surface area contributed by atoms with Gasteiger partial charge in [0, 0.05) is 5.41 Å². The lowest BCUT2D eigenvalue weighted by Crippen LogP contribution is -2.34. The molecule has 1 aliphatic heterocycles. The number of nitrogens with one attached hydrogen (secondary N) is 1. The first-order valence-corrected chi connectivity index (χ1v) is 12.8. The summed E-state index contributed by atoms with van der Waals surface area (Å²) >= 11 is 0. The first-order chi connectivity index (χ1) is 16.8. The van der Waals surface area contributed by atoms with Crippen LogP contribution in [-0.2, 0) is 37.2 Å². The molecule has 0 aliphatic carbocycles. The molecule has 0 fully saturated rings. The third kappa shape index (κ3) is 6.23. The third-order valence-electron chi connectivity index (χ3n) is 5.67. The van der Waals surface area contributed by atoms with E-state index in [0.717, 1.165) is 46.3 Å². The van der Waals surface area contributed by atoms with Gasteiger partial charge in [0.1, 0.15) is 6.54 Å². The van der Waals surface area contributed by atoms with E-state index < -0.39 is 35.1 Å². The van der Waals surface area contributed by atoms with Crippen molar-refractivity contribution in [2.45, 2.75) is 19.8 Å². The summed E-state index contributed by atoms with van der Waals surface area (Å²) in [7, 11) is -3.86. The van der Waals surface area contributed by atoms with Crippen LogP contribution < -0.4 is 9.62 Å². The van der Waals surface area contributed by atoms with Gasteiger partial charge in [-0.2, -0.15) is 0 Å². The van der Waals surface area contributed by atoms with Crippen LogP contribution in [0.3, 0.4) is 0 Å². The molecule has 35 heavy (non-hydrogen) atoms. The molecule has 8 heteroatoms. The highest BCUT2D eigenvalue weighted by Gasteiger charge is 2.26. The Morgan fingerprint density at radius 3 is 2.09 bits per heavy atom. The number of fused-ring (bicyclic) bond motifs is 2. The van der Waals surface area contributed by atoms with E-state index in [1.807, 2.05) is 67.6 Å². The van der Waals surface area contributed by atoms with Gasteiger partial charge >= 0.3 is 5.97 Å². The van der Waals surface area contributed by atoms with E-state index in [1.54, 1.807) is 17.0 Å². The summed E-state index contributed by atoms with van der Waals surface area (Å²) < 4.78 is 31.7. The molecular weight excluding hydrogens is 464 g/mol. The molecule has 0 aromatic heterocycles. The van der Waals surface area contributed by atoms with Gasteiger partial charge in [-0.1, -0.05) is 66.2 Å². The van der Waals surface area contributed by atoms with Gasteiger partial charge in [-0.05, 0) is 54.7 Å².